The van der Waals surface area contributed by atoms with Crippen LogP contribution in [0.2, 0.25) is 5.02 Å². The van der Waals surface area contributed by atoms with Gasteiger partial charge in [-0.25, -0.2) is 0 Å². The Morgan fingerprint density at radius 2 is 1.70 bits per heavy atom. The van der Waals surface area contributed by atoms with Crippen LogP contribution in [-0.2, 0) is 25.5 Å². The number of hydrogen-bond donors (Lipinski definition) is 3. The number of hydrogen-bond acceptors (Lipinski definition) is 7. The fourth-order valence-electron chi connectivity index (χ4n) is 8.39. The lowest BCUT2D eigenvalue weighted by Crippen LogP contribution is -2.58. The molecule has 2 aliphatic heterocycles. The van der Waals surface area contributed by atoms with Gasteiger partial charge in [0.25, 0.3) is 5.91 Å². The standard InChI is InChI=1S/C41H54ClN5O7/c1-24(2)54-35-14-11-27(15-36(35)52-5)41(51)47-20-29-19-46(37(48)16-28-18-44-34-17-30(42)12-13-31(28)34)22-33(32(29)21-47)39(49)45-38(40(50)43-4)25(3)53-23-26-9-7-6-8-10-26/h11-15,17-18,24-26,29,32-33,38,44H,6-10,16,19-23H2,1-5H3,(H,43,50)(H,45,49)/t25-,29?,32?,33?,38+/m1/s1. The number of carbonyl (C=O) groups excluding carboxylic acids is 4. The molecule has 12 nitrogen and oxygen atoms in total. The van der Waals surface area contributed by atoms with Crippen molar-refractivity contribution in [1.29, 1.82) is 0 Å². The summed E-state index contributed by atoms with van der Waals surface area (Å²) < 4.78 is 17.6. The first kappa shape index (κ1) is 39.4. The summed E-state index contributed by atoms with van der Waals surface area (Å²) in [6.45, 7) is 7.45. The van der Waals surface area contributed by atoms with Gasteiger partial charge in [-0.3, -0.25) is 19.2 Å². The Kier molecular flexibility index (Phi) is 12.7. The molecule has 3 aliphatic rings. The molecule has 1 aromatic heterocycles. The second-order valence-electron chi connectivity index (χ2n) is 15.4. The number of nitrogens with one attached hydrogen (secondary N) is 3. The lowest BCUT2D eigenvalue weighted by Gasteiger charge is -2.40. The Labute approximate surface area is 322 Å². The lowest BCUT2D eigenvalue weighted by molar-refractivity contribution is -0.141. The zero-order chi connectivity index (χ0) is 38.5. The summed E-state index contributed by atoms with van der Waals surface area (Å²) in [5.74, 6) is -0.609. The highest BCUT2D eigenvalue weighted by molar-refractivity contribution is 6.31. The number of H-pyrrole nitrogens is 1. The number of fused-ring (bicyclic) bond motifs is 2. The van der Waals surface area contributed by atoms with Crippen molar-refractivity contribution in [2.24, 2.45) is 23.7 Å². The number of nitrogens with zero attached hydrogens (tertiary/aromatic N) is 2. The van der Waals surface area contributed by atoms with E-state index in [1.54, 1.807) is 41.1 Å². The number of ether oxygens (including phenoxy) is 3. The Morgan fingerprint density at radius 1 is 0.944 bits per heavy atom. The number of halogens is 1. The molecule has 6 rings (SSSR count). The molecule has 5 atom stereocenters. The molecule has 0 radical (unpaired) electrons. The van der Waals surface area contributed by atoms with Crippen LogP contribution < -0.4 is 20.1 Å². The van der Waals surface area contributed by atoms with Crippen molar-refractivity contribution in [2.75, 3.05) is 46.9 Å². The third-order valence-corrected chi connectivity index (χ3v) is 11.6. The van der Waals surface area contributed by atoms with Gasteiger partial charge in [0.05, 0.1) is 31.7 Å². The van der Waals surface area contributed by atoms with Crippen LogP contribution in [0.15, 0.2) is 42.6 Å². The maximum Gasteiger partial charge on any atom is 0.254 e. The van der Waals surface area contributed by atoms with Crippen molar-refractivity contribution >= 4 is 46.1 Å². The summed E-state index contributed by atoms with van der Waals surface area (Å²) in [6, 6.07) is 9.73. The fourth-order valence-corrected chi connectivity index (χ4v) is 8.56. The molecule has 3 heterocycles. The minimum Gasteiger partial charge on any atom is -0.493 e. The van der Waals surface area contributed by atoms with Crippen LogP contribution in [0.1, 0.15) is 68.8 Å². The maximum atomic E-state index is 14.4. The summed E-state index contributed by atoms with van der Waals surface area (Å²) in [5.41, 5.74) is 2.12. The SMILES string of the molecule is CNC(=O)[C@@H](NC(=O)C1CN(C(=O)Cc2c[nH]c3cc(Cl)ccc23)CC2CN(C(=O)c3ccc(OC(C)C)c(OC)c3)CC21)[C@@H](C)OCC1CCCCC1. The van der Waals surface area contributed by atoms with Gasteiger partial charge in [-0.1, -0.05) is 36.9 Å². The number of rotatable bonds is 13. The van der Waals surface area contributed by atoms with E-state index in [4.69, 9.17) is 25.8 Å². The Morgan fingerprint density at radius 3 is 2.43 bits per heavy atom. The van der Waals surface area contributed by atoms with E-state index in [2.05, 4.69) is 15.6 Å². The largest absolute Gasteiger partial charge is 0.493 e. The van der Waals surface area contributed by atoms with Crippen LogP contribution in [0.25, 0.3) is 10.9 Å². The normalized spacial score (nSPS) is 21.4. The van der Waals surface area contributed by atoms with Crippen LogP contribution in [0.4, 0.5) is 0 Å². The second-order valence-corrected chi connectivity index (χ2v) is 15.8. The van der Waals surface area contributed by atoms with Crippen molar-refractivity contribution in [1.82, 2.24) is 25.4 Å². The van der Waals surface area contributed by atoms with Gasteiger partial charge in [-0.15, -0.1) is 0 Å². The molecule has 1 saturated carbocycles. The van der Waals surface area contributed by atoms with E-state index < -0.39 is 18.1 Å². The molecule has 0 bridgehead atoms. The van der Waals surface area contributed by atoms with Crippen molar-refractivity contribution < 1.29 is 33.4 Å². The minimum absolute atomic E-state index is 0.0696. The quantitative estimate of drug-likeness (QED) is 0.217. The number of aromatic amines is 1. The smallest absolute Gasteiger partial charge is 0.254 e. The van der Waals surface area contributed by atoms with Crippen molar-refractivity contribution in [3.63, 3.8) is 0 Å². The third kappa shape index (κ3) is 8.97. The van der Waals surface area contributed by atoms with E-state index in [1.807, 2.05) is 39.1 Å². The fraction of sp³-hybridized carbons (Fsp3) is 0.561. The Bertz CT molecular complexity index is 1820. The van der Waals surface area contributed by atoms with Crippen LogP contribution in [0.3, 0.4) is 0 Å². The highest BCUT2D eigenvalue weighted by atomic mass is 35.5. The number of likely N-dealkylation sites (N-methyl/N-ethyl adjacent to an activating group) is 1. The molecule has 13 heteroatoms. The molecular weight excluding hydrogens is 710 g/mol. The van der Waals surface area contributed by atoms with Crippen molar-refractivity contribution in [3.8, 4) is 11.5 Å². The lowest BCUT2D eigenvalue weighted by atomic mass is 9.79. The number of methoxy groups -OCH3 is 1. The molecule has 4 amide bonds. The van der Waals surface area contributed by atoms with Gasteiger partial charge in [-0.2, -0.15) is 0 Å². The van der Waals surface area contributed by atoms with E-state index in [0.717, 1.165) is 29.3 Å². The average molecular weight is 764 g/mol. The highest BCUT2D eigenvalue weighted by Crippen LogP contribution is 2.38. The topological polar surface area (TPSA) is 142 Å². The van der Waals surface area contributed by atoms with Crippen molar-refractivity contribution in [3.05, 3.63) is 58.7 Å². The number of benzene rings is 2. The molecule has 3 N–H and O–H groups in total. The number of carbonyl (C=O) groups is 4. The number of amides is 4. The van der Waals surface area contributed by atoms with Crippen LogP contribution in [-0.4, -0.2) is 104 Å². The molecule has 3 fully saturated rings. The molecule has 2 saturated heterocycles. The Hall–Kier alpha value is -4.29. The van der Waals surface area contributed by atoms with E-state index >= 15 is 0 Å². The van der Waals surface area contributed by atoms with Gasteiger partial charge in [0.2, 0.25) is 17.7 Å². The summed E-state index contributed by atoms with van der Waals surface area (Å²) >= 11 is 6.20. The molecule has 292 valence electrons. The molecule has 54 heavy (non-hydrogen) atoms. The second kappa shape index (κ2) is 17.5. The molecule has 1 aliphatic carbocycles. The van der Waals surface area contributed by atoms with Gasteiger partial charge < -0.3 is 39.6 Å². The predicted molar refractivity (Wildman–Crippen MR) is 207 cm³/mol. The first-order valence-corrected chi connectivity index (χ1v) is 19.6. The Balaban J connectivity index is 1.22. The van der Waals surface area contributed by atoms with E-state index in [0.29, 0.717) is 54.2 Å². The summed E-state index contributed by atoms with van der Waals surface area (Å²) in [4.78, 5) is 62.4. The minimum atomic E-state index is -0.924. The van der Waals surface area contributed by atoms with Crippen LogP contribution in [0.5, 0.6) is 11.5 Å². The first-order chi connectivity index (χ1) is 25.9. The monoisotopic (exact) mass is 763 g/mol. The van der Waals surface area contributed by atoms with Gasteiger partial charge in [-0.05, 0) is 87.3 Å². The molecular formula is C41H54ClN5O7. The van der Waals surface area contributed by atoms with E-state index in [-0.39, 0.29) is 54.5 Å². The summed E-state index contributed by atoms with van der Waals surface area (Å²) in [5, 5.41) is 7.22. The summed E-state index contributed by atoms with van der Waals surface area (Å²) in [7, 11) is 3.08. The predicted octanol–water partition coefficient (Wildman–Crippen LogP) is 5.22. The highest BCUT2D eigenvalue weighted by Gasteiger charge is 2.48. The molecule has 3 aromatic rings. The molecule has 2 aromatic carbocycles. The maximum absolute atomic E-state index is 14.4. The summed E-state index contributed by atoms with van der Waals surface area (Å²) in [6.07, 6.45) is 7.11. The number of aromatic nitrogens is 1. The van der Waals surface area contributed by atoms with Gasteiger partial charge >= 0.3 is 0 Å². The molecule has 3 unspecified atom stereocenters. The van der Waals surface area contributed by atoms with Gasteiger partial charge in [0.15, 0.2) is 11.5 Å². The van der Waals surface area contributed by atoms with E-state index in [9.17, 15) is 19.2 Å². The zero-order valence-corrected chi connectivity index (χ0v) is 32.7. The number of likely N-dealkylation sites (tertiary alicyclic amines) is 2. The van der Waals surface area contributed by atoms with Gasteiger partial charge in [0, 0.05) is 67.5 Å². The van der Waals surface area contributed by atoms with Gasteiger partial charge in [0.1, 0.15) is 6.04 Å². The first-order valence-electron chi connectivity index (χ1n) is 19.3. The average Bonchev–Trinajstić information content (AvgIpc) is 3.79. The van der Waals surface area contributed by atoms with E-state index in [1.165, 1.54) is 26.4 Å². The van der Waals surface area contributed by atoms with Crippen LogP contribution in [0, 0.1) is 23.7 Å². The third-order valence-electron chi connectivity index (χ3n) is 11.3. The van der Waals surface area contributed by atoms with Crippen molar-refractivity contribution in [2.45, 2.75) is 77.5 Å². The molecule has 0 spiro atoms. The number of piperidine rings is 1. The van der Waals surface area contributed by atoms with Crippen LogP contribution >= 0.6 is 11.6 Å². The zero-order valence-electron chi connectivity index (χ0n) is 32.0.